The van der Waals surface area contributed by atoms with Crippen molar-refractivity contribution in [1.29, 1.82) is 0 Å². The Morgan fingerprint density at radius 2 is 1.55 bits per heavy atom. The molecule has 0 saturated heterocycles. The molecule has 2 aromatic carbocycles. The van der Waals surface area contributed by atoms with Gasteiger partial charge in [-0.3, -0.25) is 4.79 Å². The maximum Gasteiger partial charge on any atom is 0.192 e. The molecular weight excluding hydrogens is 376 g/mol. The minimum atomic E-state index is -1.69. The first-order valence-electron chi connectivity index (χ1n) is 10.7. The van der Waals surface area contributed by atoms with Crippen LogP contribution >= 0.6 is 0 Å². The average Bonchev–Trinajstić information content (AvgIpc) is 3.11. The maximum absolute atomic E-state index is 12.5. The number of rotatable bonds is 10. The number of allylic oxidation sites excluding steroid dienone is 1. The molecule has 3 rings (SSSR count). The summed E-state index contributed by atoms with van der Waals surface area (Å²) < 4.78 is 12.3. The van der Waals surface area contributed by atoms with Gasteiger partial charge in [-0.05, 0) is 53.0 Å². The third-order valence-corrected chi connectivity index (χ3v) is 10.7. The number of Topliss-reactive ketones (excluding diaryl/α,β-unsaturated/α-hetero) is 1. The fraction of sp³-hybridized carbons (Fsp3) is 0.400. The summed E-state index contributed by atoms with van der Waals surface area (Å²) in [5, 5.41) is 0. The molecule has 0 radical (unpaired) electrons. The van der Waals surface area contributed by atoms with Crippen molar-refractivity contribution in [3.63, 3.8) is 0 Å². The van der Waals surface area contributed by atoms with E-state index in [4.69, 9.17) is 9.16 Å². The van der Waals surface area contributed by atoms with Gasteiger partial charge >= 0.3 is 0 Å². The topological polar surface area (TPSA) is 35.5 Å². The van der Waals surface area contributed by atoms with Crippen molar-refractivity contribution in [2.45, 2.75) is 64.5 Å². The van der Waals surface area contributed by atoms with Crippen molar-refractivity contribution < 1.29 is 14.0 Å². The lowest BCUT2D eigenvalue weighted by Crippen LogP contribution is -2.39. The Hall–Kier alpha value is -2.17. The van der Waals surface area contributed by atoms with Crippen LogP contribution in [0.2, 0.25) is 18.1 Å². The molecule has 154 valence electrons. The summed E-state index contributed by atoms with van der Waals surface area (Å²) in [6, 6.07) is 21.5. The second-order valence-corrected chi connectivity index (χ2v) is 12.5. The van der Waals surface area contributed by atoms with E-state index in [-0.39, 0.29) is 11.9 Å². The van der Waals surface area contributed by atoms with Crippen LogP contribution < -0.4 is 4.74 Å². The van der Waals surface area contributed by atoms with Gasteiger partial charge in [0.15, 0.2) is 14.1 Å². The van der Waals surface area contributed by atoms with Crippen molar-refractivity contribution in [3.05, 3.63) is 77.4 Å². The first-order chi connectivity index (χ1) is 14.1. The van der Waals surface area contributed by atoms with Crippen LogP contribution in [0.1, 0.15) is 38.3 Å². The van der Waals surface area contributed by atoms with E-state index < -0.39 is 8.32 Å². The van der Waals surface area contributed by atoms with E-state index in [1.165, 1.54) is 0 Å². The first kappa shape index (κ1) is 21.5. The molecule has 2 aromatic rings. The SMILES string of the molecule is CC[Si](CC)(CC)O[C@H]1C=C(Cc2ccc(OCc3ccccc3)cc2)C(=O)C1. The van der Waals surface area contributed by atoms with Gasteiger partial charge in [-0.15, -0.1) is 0 Å². The molecule has 4 heteroatoms. The van der Waals surface area contributed by atoms with Gasteiger partial charge in [0.25, 0.3) is 0 Å². The van der Waals surface area contributed by atoms with Crippen molar-refractivity contribution >= 4 is 14.1 Å². The number of carbonyl (C=O) groups excluding carboxylic acids is 1. The van der Waals surface area contributed by atoms with Crippen LogP contribution in [-0.4, -0.2) is 20.2 Å². The number of benzene rings is 2. The van der Waals surface area contributed by atoms with Crippen molar-refractivity contribution in [2.75, 3.05) is 0 Å². The van der Waals surface area contributed by atoms with Gasteiger partial charge < -0.3 is 9.16 Å². The second-order valence-electron chi connectivity index (χ2n) is 7.81. The van der Waals surface area contributed by atoms with E-state index in [1.807, 2.05) is 42.5 Å². The van der Waals surface area contributed by atoms with E-state index >= 15 is 0 Å². The molecule has 0 fully saturated rings. The highest BCUT2D eigenvalue weighted by Crippen LogP contribution is 2.29. The summed E-state index contributed by atoms with van der Waals surface area (Å²) in [6.45, 7) is 7.23. The quantitative estimate of drug-likeness (QED) is 0.446. The smallest absolute Gasteiger partial charge is 0.192 e. The van der Waals surface area contributed by atoms with E-state index in [0.717, 1.165) is 40.6 Å². The Labute approximate surface area is 175 Å². The Kier molecular flexibility index (Phi) is 7.45. The Balaban J connectivity index is 1.58. The number of hydrogen-bond acceptors (Lipinski definition) is 3. The average molecular weight is 409 g/mol. The molecular formula is C25H32O3Si. The molecule has 1 aliphatic carbocycles. The predicted molar refractivity (Wildman–Crippen MR) is 121 cm³/mol. The maximum atomic E-state index is 12.5. The Morgan fingerprint density at radius 3 is 2.17 bits per heavy atom. The van der Waals surface area contributed by atoms with E-state index in [0.29, 0.717) is 19.4 Å². The lowest BCUT2D eigenvalue weighted by atomic mass is 10.0. The minimum absolute atomic E-state index is 0.0301. The van der Waals surface area contributed by atoms with Gasteiger partial charge in [0, 0.05) is 12.8 Å². The lowest BCUT2D eigenvalue weighted by Gasteiger charge is -2.30. The molecule has 0 saturated carbocycles. The molecule has 0 bridgehead atoms. The van der Waals surface area contributed by atoms with Crippen LogP contribution in [0.3, 0.4) is 0 Å². The number of hydrogen-bond donors (Lipinski definition) is 0. The Morgan fingerprint density at radius 1 is 0.897 bits per heavy atom. The summed E-state index contributed by atoms with van der Waals surface area (Å²) in [5.41, 5.74) is 3.16. The van der Waals surface area contributed by atoms with E-state index in [9.17, 15) is 4.79 Å². The monoisotopic (exact) mass is 408 g/mol. The first-order valence-corrected chi connectivity index (χ1v) is 13.3. The summed E-state index contributed by atoms with van der Waals surface area (Å²) in [4.78, 5) is 12.5. The molecule has 0 heterocycles. The summed E-state index contributed by atoms with van der Waals surface area (Å²) in [5.74, 6) is 1.07. The molecule has 0 aromatic heterocycles. The number of ketones is 1. The highest BCUT2D eigenvalue weighted by atomic mass is 28.4. The third-order valence-electron chi connectivity index (χ3n) is 6.03. The fourth-order valence-electron chi connectivity index (χ4n) is 3.91. The van der Waals surface area contributed by atoms with Gasteiger partial charge in [-0.2, -0.15) is 0 Å². The van der Waals surface area contributed by atoms with Gasteiger partial charge in [0.1, 0.15) is 12.4 Å². The molecule has 29 heavy (non-hydrogen) atoms. The standard InChI is InChI=1S/C25H32O3Si/c1-4-29(5-2,6-3)28-24-17-22(25(26)18-24)16-20-12-14-23(15-13-20)27-19-21-10-8-7-9-11-21/h7-15,17,24H,4-6,16,18-19H2,1-3H3/t24-/m0/s1. The highest BCUT2D eigenvalue weighted by molar-refractivity contribution is 6.73. The predicted octanol–water partition coefficient (Wildman–Crippen LogP) is 6.10. The molecule has 0 amide bonds. The van der Waals surface area contributed by atoms with Gasteiger partial charge in [0.05, 0.1) is 6.10 Å². The van der Waals surface area contributed by atoms with Crippen LogP contribution in [0.25, 0.3) is 0 Å². The molecule has 3 nitrogen and oxygen atoms in total. The minimum Gasteiger partial charge on any atom is -0.489 e. The molecule has 1 aliphatic rings. The molecule has 0 N–H and O–H groups in total. The second kappa shape index (κ2) is 10.0. The van der Waals surface area contributed by atoms with Crippen LogP contribution in [0.15, 0.2) is 66.2 Å². The number of carbonyl (C=O) groups is 1. The van der Waals surface area contributed by atoms with Gasteiger partial charge in [-0.25, -0.2) is 0 Å². The van der Waals surface area contributed by atoms with E-state index in [2.05, 4.69) is 39.0 Å². The molecule has 0 spiro atoms. The van der Waals surface area contributed by atoms with Crippen LogP contribution in [-0.2, 0) is 22.2 Å². The van der Waals surface area contributed by atoms with Crippen LogP contribution in [0.4, 0.5) is 0 Å². The Bertz CT molecular complexity index is 815. The summed E-state index contributed by atoms with van der Waals surface area (Å²) in [6.07, 6.45) is 3.21. The van der Waals surface area contributed by atoms with Crippen molar-refractivity contribution in [1.82, 2.24) is 0 Å². The van der Waals surface area contributed by atoms with Gasteiger partial charge in [0.2, 0.25) is 0 Å². The van der Waals surface area contributed by atoms with Crippen molar-refractivity contribution in [2.24, 2.45) is 0 Å². The zero-order chi connectivity index (χ0) is 20.7. The highest BCUT2D eigenvalue weighted by Gasteiger charge is 2.34. The largest absolute Gasteiger partial charge is 0.489 e. The molecule has 0 unspecified atom stereocenters. The van der Waals surface area contributed by atoms with Gasteiger partial charge in [-0.1, -0.05) is 63.2 Å². The third kappa shape index (κ3) is 5.68. The van der Waals surface area contributed by atoms with Crippen LogP contribution in [0, 0.1) is 0 Å². The zero-order valence-corrected chi connectivity index (χ0v) is 18.8. The molecule has 1 atom stereocenters. The summed E-state index contributed by atoms with van der Waals surface area (Å²) >= 11 is 0. The van der Waals surface area contributed by atoms with E-state index in [1.54, 1.807) is 0 Å². The zero-order valence-electron chi connectivity index (χ0n) is 17.8. The van der Waals surface area contributed by atoms with Crippen molar-refractivity contribution in [3.8, 4) is 5.75 Å². The summed E-state index contributed by atoms with van der Waals surface area (Å²) in [7, 11) is -1.69. The van der Waals surface area contributed by atoms with Crippen LogP contribution in [0.5, 0.6) is 5.75 Å². The fourth-order valence-corrected chi connectivity index (χ4v) is 6.70. The number of ether oxygens (including phenoxy) is 1. The lowest BCUT2D eigenvalue weighted by molar-refractivity contribution is -0.115. The molecule has 0 aliphatic heterocycles. The normalized spacial score (nSPS) is 16.7.